The lowest BCUT2D eigenvalue weighted by Crippen LogP contribution is -2.49. The van der Waals surface area contributed by atoms with Gasteiger partial charge in [-0.05, 0) is 71.1 Å². The molecule has 1 aliphatic heterocycles. The van der Waals surface area contributed by atoms with Crippen LogP contribution in [0.1, 0.15) is 201 Å². The van der Waals surface area contributed by atoms with Gasteiger partial charge in [-0.25, -0.2) is 4.79 Å². The van der Waals surface area contributed by atoms with E-state index in [0.717, 1.165) is 51.7 Å². The summed E-state index contributed by atoms with van der Waals surface area (Å²) in [5.74, 6) is 1.27. The van der Waals surface area contributed by atoms with Crippen molar-refractivity contribution in [1.82, 2.24) is 16.4 Å². The molecule has 0 aromatic rings. The van der Waals surface area contributed by atoms with Gasteiger partial charge in [-0.15, -0.1) is 0 Å². The van der Waals surface area contributed by atoms with E-state index in [1.807, 2.05) is 18.9 Å². The molecule has 318 valence electrons. The Morgan fingerprint density at radius 1 is 0.704 bits per heavy atom. The Morgan fingerprint density at radius 3 is 1.44 bits per heavy atom. The van der Waals surface area contributed by atoms with Crippen molar-refractivity contribution in [2.24, 2.45) is 0 Å². The molecule has 0 aromatic carbocycles. The number of hydrogen-bond acceptors (Lipinski definition) is 6. The number of hydrogen-bond donors (Lipinski definition) is 3. The third-order valence-electron chi connectivity index (χ3n) is 9.92. The van der Waals surface area contributed by atoms with Crippen LogP contribution in [0.5, 0.6) is 0 Å². The summed E-state index contributed by atoms with van der Waals surface area (Å²) >= 11 is 0. The largest absolute Gasteiger partial charge is 0.397 e. The summed E-state index contributed by atoms with van der Waals surface area (Å²) < 4.78 is 31.9. The lowest BCUT2D eigenvalue weighted by Gasteiger charge is -2.18. The van der Waals surface area contributed by atoms with Crippen LogP contribution in [0.4, 0.5) is 0 Å². The van der Waals surface area contributed by atoms with Gasteiger partial charge in [0, 0.05) is 12.8 Å². The number of nitrogens with one attached hydrogen (secondary N) is 1. The zero-order valence-corrected chi connectivity index (χ0v) is 36.4. The molecule has 1 aliphatic rings. The zero-order valence-electron chi connectivity index (χ0n) is 35.6. The van der Waals surface area contributed by atoms with Crippen LogP contribution in [0.3, 0.4) is 0 Å². The molecule has 5 N–H and O–H groups in total. The minimum absolute atomic E-state index is 0. The van der Waals surface area contributed by atoms with E-state index < -0.39 is 10.4 Å². The lowest BCUT2D eigenvalue weighted by molar-refractivity contribution is -0.488. The highest BCUT2D eigenvalue weighted by Crippen LogP contribution is 2.14. The quantitative estimate of drug-likeness (QED) is 0.0259. The summed E-state index contributed by atoms with van der Waals surface area (Å²) in [4.78, 5) is 27.7. The highest BCUT2D eigenvalue weighted by molar-refractivity contribution is 7.80. The second kappa shape index (κ2) is 37.8. The second-order valence-corrected chi connectivity index (χ2v) is 16.1. The second-order valence-electron chi connectivity index (χ2n) is 14.9. The first-order valence-electron chi connectivity index (χ1n) is 21.6. The summed E-state index contributed by atoms with van der Waals surface area (Å²) in [6.45, 7) is 8.13. The molecule has 0 aliphatic carbocycles. The van der Waals surface area contributed by atoms with Crippen molar-refractivity contribution in [3.63, 3.8) is 0 Å². The first-order chi connectivity index (χ1) is 25.6. The Bertz CT molecular complexity index is 1110. The molecule has 2 amide bonds. The van der Waals surface area contributed by atoms with E-state index in [1.54, 1.807) is 0 Å². The highest BCUT2D eigenvalue weighted by Gasteiger charge is 2.38. The average molecular weight is 786 g/mol. The molecule has 0 saturated carbocycles. The third-order valence-corrected chi connectivity index (χ3v) is 10.3. The number of unbranched alkanes of at least 4 members (excludes halogenated alkanes) is 22. The predicted molar refractivity (Wildman–Crippen MR) is 228 cm³/mol. The van der Waals surface area contributed by atoms with Crippen molar-refractivity contribution >= 4 is 28.0 Å². The number of rotatable bonds is 33. The maximum Gasteiger partial charge on any atom is 0.397 e. The van der Waals surface area contributed by atoms with Crippen LogP contribution in [0, 0.1) is 0 Å². The van der Waals surface area contributed by atoms with Gasteiger partial charge in [-0.3, -0.25) is 18.1 Å². The van der Waals surface area contributed by atoms with Gasteiger partial charge in [0.1, 0.15) is 19.1 Å². The van der Waals surface area contributed by atoms with Crippen molar-refractivity contribution < 1.29 is 31.3 Å². The smallest absolute Gasteiger partial charge is 0.344 e. The van der Waals surface area contributed by atoms with Crippen molar-refractivity contribution in [1.29, 1.82) is 0 Å². The average Bonchev–Trinajstić information content (AvgIpc) is 3.52. The van der Waals surface area contributed by atoms with Crippen LogP contribution in [-0.4, -0.2) is 73.4 Å². The predicted octanol–water partition coefficient (Wildman–Crippen LogP) is 11.0. The van der Waals surface area contributed by atoms with Crippen LogP contribution in [-0.2, 0) is 24.2 Å². The fourth-order valence-electron chi connectivity index (χ4n) is 6.72. The summed E-state index contributed by atoms with van der Waals surface area (Å²) in [6.07, 6.45) is 43.5. The molecule has 0 saturated heterocycles. The molecule has 11 heteroatoms. The third kappa shape index (κ3) is 33.3. The van der Waals surface area contributed by atoms with Crippen LogP contribution < -0.4 is 11.5 Å². The number of nitrogens with zero attached hydrogens (tertiary/aromatic N) is 2. The Kier molecular flexibility index (Phi) is 37.8. The van der Waals surface area contributed by atoms with Gasteiger partial charge >= 0.3 is 16.3 Å². The molecule has 1 heterocycles. The molecular formula is C43H85N4O6S+. The molecular weight excluding hydrogens is 701 g/mol. The molecule has 0 radical (unpaired) electrons. The minimum Gasteiger partial charge on any atom is -0.344 e. The van der Waals surface area contributed by atoms with E-state index in [4.69, 9.17) is 4.55 Å². The van der Waals surface area contributed by atoms with Crippen LogP contribution in [0.2, 0.25) is 0 Å². The van der Waals surface area contributed by atoms with Crippen LogP contribution in [0.15, 0.2) is 24.3 Å². The zero-order chi connectivity index (χ0) is 39.4. The molecule has 1 unspecified atom stereocenters. The van der Waals surface area contributed by atoms with E-state index in [-0.39, 0.29) is 24.0 Å². The van der Waals surface area contributed by atoms with E-state index in [2.05, 4.69) is 52.2 Å². The molecule has 0 aromatic heterocycles. The van der Waals surface area contributed by atoms with Crippen LogP contribution in [0.25, 0.3) is 0 Å². The molecule has 1 atom stereocenters. The number of likely N-dealkylation sites (N-methyl/N-ethyl adjacent to an activating group) is 1. The monoisotopic (exact) mass is 786 g/mol. The number of allylic oxidation sites excluding steroid dienone is 4. The molecule has 0 fully saturated rings. The fraction of sp³-hybridized carbons (Fsp3) is 0.837. The maximum absolute atomic E-state index is 13.1. The number of amidine groups is 1. The van der Waals surface area contributed by atoms with Crippen molar-refractivity contribution in [2.75, 3.05) is 27.2 Å². The summed E-state index contributed by atoms with van der Waals surface area (Å²) in [5.41, 5.74) is 0. The first-order valence-corrected chi connectivity index (χ1v) is 22.9. The SMILES string of the molecule is CCCCCCCC/C=C\CCCCCCCC(=O)NC(C)C1=[N+](C)CCN1C(=O)CCCCCCC/C=C\CCCCCCCC.COS(=O)(=O)O.N. The van der Waals surface area contributed by atoms with E-state index >= 15 is 0 Å². The van der Waals surface area contributed by atoms with Gasteiger partial charge in [0.2, 0.25) is 5.91 Å². The molecule has 10 nitrogen and oxygen atoms in total. The Balaban J connectivity index is 0. The summed E-state index contributed by atoms with van der Waals surface area (Å²) in [5, 5.41) is 3.18. The standard InChI is InChI=1S/C42H77N3O2.CH4O4S.H3N/c1-5-7-9-11-13-15-17-19-21-23-25-27-29-31-33-35-40(46)43-39(3)42-44(4)37-38-45(42)41(47)36-34-32-30-28-26-24-22-20-18-16-14-12-10-8-6-2;1-5-6(2,3)4;/h19-22,39H,5-18,23-38H2,1-4H3;1H3,(H,2,3,4);1H3/p+1/b21-19-,22-20-;;. The Hall–Kier alpha value is -2.08. The van der Waals surface area contributed by atoms with E-state index in [1.165, 1.54) is 141 Å². The lowest BCUT2D eigenvalue weighted by atomic mass is 10.1. The van der Waals surface area contributed by atoms with Gasteiger partial charge in [0.15, 0.2) is 0 Å². The molecule has 54 heavy (non-hydrogen) atoms. The maximum atomic E-state index is 13.1. The van der Waals surface area contributed by atoms with Gasteiger partial charge in [-0.1, -0.05) is 141 Å². The number of carbonyl (C=O) groups excluding carboxylic acids is 2. The van der Waals surface area contributed by atoms with Gasteiger partial charge in [0.25, 0.3) is 5.84 Å². The van der Waals surface area contributed by atoms with Crippen molar-refractivity contribution in [3.05, 3.63) is 24.3 Å². The van der Waals surface area contributed by atoms with Gasteiger partial charge < -0.3 is 11.5 Å². The van der Waals surface area contributed by atoms with Crippen molar-refractivity contribution in [3.8, 4) is 0 Å². The topological polar surface area (TPSA) is 151 Å². The first kappa shape index (κ1) is 54.0. The fourth-order valence-corrected chi connectivity index (χ4v) is 6.72. The van der Waals surface area contributed by atoms with E-state index in [9.17, 15) is 18.0 Å². The number of carbonyl (C=O) groups is 2. The molecule has 0 bridgehead atoms. The Morgan fingerprint density at radius 2 is 1.06 bits per heavy atom. The van der Waals surface area contributed by atoms with Crippen LogP contribution >= 0.6 is 0 Å². The summed E-state index contributed by atoms with van der Waals surface area (Å²) in [7, 11) is -1.25. The minimum atomic E-state index is -4.16. The molecule has 1 rings (SSSR count). The highest BCUT2D eigenvalue weighted by atomic mass is 32.3. The Labute approximate surface area is 333 Å². The molecule has 0 spiro atoms. The van der Waals surface area contributed by atoms with Gasteiger partial charge in [-0.2, -0.15) is 13.3 Å². The number of amides is 2. The summed E-state index contributed by atoms with van der Waals surface area (Å²) in [6, 6.07) is -0.142. The van der Waals surface area contributed by atoms with Gasteiger partial charge in [0.05, 0.1) is 14.2 Å². The normalized spacial score (nSPS) is 13.7. The van der Waals surface area contributed by atoms with E-state index in [0.29, 0.717) is 12.8 Å². The van der Waals surface area contributed by atoms with Crippen molar-refractivity contribution in [2.45, 2.75) is 207 Å².